The number of esters is 1. The monoisotopic (exact) mass is 217 g/mol. The minimum absolute atomic E-state index is 0.0463. The molecule has 0 saturated heterocycles. The lowest BCUT2D eigenvalue weighted by atomic mass is 10.5. The van der Waals surface area contributed by atoms with Crippen molar-refractivity contribution in [1.82, 2.24) is 4.90 Å². The van der Waals surface area contributed by atoms with Crippen molar-refractivity contribution in [2.75, 3.05) is 26.3 Å². The van der Waals surface area contributed by atoms with E-state index in [1.54, 1.807) is 13.8 Å². The summed E-state index contributed by atoms with van der Waals surface area (Å²) in [5.41, 5.74) is 0. The van der Waals surface area contributed by atoms with Crippen LogP contribution < -0.4 is 0 Å². The molecule has 0 aliphatic carbocycles. The van der Waals surface area contributed by atoms with Gasteiger partial charge in [-0.05, 0) is 20.3 Å². The molecule has 0 bridgehead atoms. The van der Waals surface area contributed by atoms with Gasteiger partial charge in [-0.15, -0.1) is 0 Å². The van der Waals surface area contributed by atoms with E-state index in [1.807, 2.05) is 6.92 Å². The molecule has 0 rings (SSSR count). The Morgan fingerprint density at radius 3 is 2.27 bits per heavy atom. The van der Waals surface area contributed by atoms with E-state index in [4.69, 9.17) is 9.47 Å². The molecule has 0 aliphatic rings. The van der Waals surface area contributed by atoms with Gasteiger partial charge in [0.2, 0.25) is 0 Å². The van der Waals surface area contributed by atoms with Crippen LogP contribution in [0.1, 0.15) is 27.2 Å². The minimum Gasteiger partial charge on any atom is -0.464 e. The van der Waals surface area contributed by atoms with Crippen molar-refractivity contribution < 1.29 is 19.1 Å². The van der Waals surface area contributed by atoms with Gasteiger partial charge in [0.1, 0.15) is 6.54 Å². The molecule has 0 aliphatic heterocycles. The quantitative estimate of drug-likeness (QED) is 0.631. The first-order valence-electron chi connectivity index (χ1n) is 5.22. The van der Waals surface area contributed by atoms with Gasteiger partial charge in [-0.25, -0.2) is 4.79 Å². The second-order valence-corrected chi connectivity index (χ2v) is 2.93. The fourth-order valence-electron chi connectivity index (χ4n) is 0.938. The van der Waals surface area contributed by atoms with Gasteiger partial charge in [-0.3, -0.25) is 9.69 Å². The summed E-state index contributed by atoms with van der Waals surface area (Å²) in [5.74, 6) is -0.397. The molecular formula is C10H19NO4. The van der Waals surface area contributed by atoms with Gasteiger partial charge in [0.25, 0.3) is 0 Å². The fraction of sp³-hybridized carbons (Fsp3) is 0.800. The lowest BCUT2D eigenvalue weighted by Gasteiger charge is -2.18. The van der Waals surface area contributed by atoms with Crippen LogP contribution in [0.3, 0.4) is 0 Å². The Bertz CT molecular complexity index is 206. The van der Waals surface area contributed by atoms with Crippen LogP contribution in [-0.4, -0.2) is 43.3 Å². The van der Waals surface area contributed by atoms with E-state index in [2.05, 4.69) is 0 Å². The zero-order valence-electron chi connectivity index (χ0n) is 9.62. The predicted octanol–water partition coefficient (Wildman–Crippen LogP) is 1.42. The molecule has 5 heteroatoms. The maximum Gasteiger partial charge on any atom is 0.410 e. The number of rotatable bonds is 6. The average molecular weight is 217 g/mol. The predicted molar refractivity (Wildman–Crippen MR) is 55.5 cm³/mol. The van der Waals surface area contributed by atoms with Gasteiger partial charge in [0.05, 0.1) is 13.2 Å². The molecule has 0 N–H and O–H groups in total. The molecule has 0 fully saturated rings. The van der Waals surface area contributed by atoms with Crippen LogP contribution in [-0.2, 0) is 14.3 Å². The highest BCUT2D eigenvalue weighted by molar-refractivity contribution is 5.78. The minimum atomic E-state index is -0.478. The Hall–Kier alpha value is -1.26. The Kier molecular flexibility index (Phi) is 7.40. The number of nitrogens with zero attached hydrogens (tertiary/aromatic N) is 1. The van der Waals surface area contributed by atoms with Crippen LogP contribution in [0.5, 0.6) is 0 Å². The van der Waals surface area contributed by atoms with Gasteiger partial charge in [-0.2, -0.15) is 0 Å². The number of ether oxygens (including phenoxy) is 2. The number of hydrogen-bond acceptors (Lipinski definition) is 4. The second kappa shape index (κ2) is 8.08. The van der Waals surface area contributed by atoms with Crippen LogP contribution >= 0.6 is 0 Å². The van der Waals surface area contributed by atoms with Crippen molar-refractivity contribution in [2.45, 2.75) is 27.2 Å². The summed E-state index contributed by atoms with van der Waals surface area (Å²) < 4.78 is 9.64. The molecule has 0 aromatic carbocycles. The van der Waals surface area contributed by atoms with Gasteiger partial charge in [0.15, 0.2) is 0 Å². The van der Waals surface area contributed by atoms with E-state index in [0.29, 0.717) is 19.8 Å². The maximum atomic E-state index is 11.3. The van der Waals surface area contributed by atoms with Crippen molar-refractivity contribution in [3.05, 3.63) is 0 Å². The molecule has 0 aromatic heterocycles. The number of carbonyl (C=O) groups is 2. The van der Waals surface area contributed by atoms with Crippen molar-refractivity contribution in [2.24, 2.45) is 0 Å². The number of carbonyl (C=O) groups excluding carboxylic acids is 2. The van der Waals surface area contributed by atoms with Crippen molar-refractivity contribution in [3.8, 4) is 0 Å². The van der Waals surface area contributed by atoms with Crippen LogP contribution in [0.2, 0.25) is 0 Å². The lowest BCUT2D eigenvalue weighted by Crippen LogP contribution is -2.36. The summed E-state index contributed by atoms with van der Waals surface area (Å²) in [7, 11) is 0. The van der Waals surface area contributed by atoms with Gasteiger partial charge in [0, 0.05) is 6.54 Å². The topological polar surface area (TPSA) is 55.8 Å². The van der Waals surface area contributed by atoms with E-state index < -0.39 is 12.1 Å². The summed E-state index contributed by atoms with van der Waals surface area (Å²) >= 11 is 0. The third kappa shape index (κ3) is 5.93. The van der Waals surface area contributed by atoms with Crippen LogP contribution in [0.15, 0.2) is 0 Å². The van der Waals surface area contributed by atoms with Crippen LogP contribution in [0, 0.1) is 0 Å². The molecule has 0 atom stereocenters. The smallest absolute Gasteiger partial charge is 0.410 e. The fourth-order valence-corrected chi connectivity index (χ4v) is 0.938. The first-order valence-corrected chi connectivity index (χ1v) is 5.22. The largest absolute Gasteiger partial charge is 0.464 e. The summed E-state index contributed by atoms with van der Waals surface area (Å²) in [6, 6.07) is 0. The lowest BCUT2D eigenvalue weighted by molar-refractivity contribution is -0.144. The summed E-state index contributed by atoms with van der Waals surface area (Å²) in [6.45, 7) is 6.50. The molecule has 0 aromatic rings. The number of hydrogen-bond donors (Lipinski definition) is 0. The Balaban J connectivity index is 3.97. The van der Waals surface area contributed by atoms with Gasteiger partial charge in [-0.1, -0.05) is 6.92 Å². The number of amides is 1. The molecule has 88 valence electrons. The molecule has 5 nitrogen and oxygen atoms in total. The zero-order valence-corrected chi connectivity index (χ0v) is 9.62. The maximum absolute atomic E-state index is 11.3. The molecule has 0 heterocycles. The number of likely N-dealkylation sites (N-methyl/N-ethyl adjacent to an activating group) is 1. The molecule has 0 radical (unpaired) electrons. The average Bonchev–Trinajstić information content (AvgIpc) is 2.23. The molecule has 1 amide bonds. The highest BCUT2D eigenvalue weighted by Gasteiger charge is 2.16. The summed E-state index contributed by atoms with van der Waals surface area (Å²) in [4.78, 5) is 23.8. The Morgan fingerprint density at radius 1 is 1.13 bits per heavy atom. The van der Waals surface area contributed by atoms with Crippen LogP contribution in [0.4, 0.5) is 4.79 Å². The summed E-state index contributed by atoms with van der Waals surface area (Å²) in [5, 5.41) is 0. The van der Waals surface area contributed by atoms with Crippen molar-refractivity contribution in [3.63, 3.8) is 0 Å². The molecule has 0 saturated carbocycles. The molecule has 15 heavy (non-hydrogen) atoms. The van der Waals surface area contributed by atoms with E-state index in [1.165, 1.54) is 4.90 Å². The van der Waals surface area contributed by atoms with E-state index in [-0.39, 0.29) is 6.54 Å². The summed E-state index contributed by atoms with van der Waals surface area (Å²) in [6.07, 6.45) is 0.297. The second-order valence-electron chi connectivity index (χ2n) is 2.93. The third-order valence-corrected chi connectivity index (χ3v) is 1.69. The van der Waals surface area contributed by atoms with Gasteiger partial charge < -0.3 is 9.47 Å². The van der Waals surface area contributed by atoms with Crippen LogP contribution in [0.25, 0.3) is 0 Å². The van der Waals surface area contributed by atoms with Crippen molar-refractivity contribution in [1.29, 1.82) is 0 Å². The van der Waals surface area contributed by atoms with Crippen molar-refractivity contribution >= 4 is 12.1 Å². The normalized spacial score (nSPS) is 9.53. The molecule has 0 unspecified atom stereocenters. The first-order chi connectivity index (χ1) is 7.15. The van der Waals surface area contributed by atoms with E-state index >= 15 is 0 Å². The van der Waals surface area contributed by atoms with E-state index in [0.717, 1.165) is 6.42 Å². The molecular weight excluding hydrogens is 198 g/mol. The van der Waals surface area contributed by atoms with E-state index in [9.17, 15) is 9.59 Å². The van der Waals surface area contributed by atoms with Gasteiger partial charge >= 0.3 is 12.1 Å². The highest BCUT2D eigenvalue weighted by Crippen LogP contribution is 1.95. The highest BCUT2D eigenvalue weighted by atomic mass is 16.6. The Labute approximate surface area is 90.3 Å². The zero-order chi connectivity index (χ0) is 11.7. The standard InChI is InChI=1S/C10H19NO4/c1-4-7-15-9(12)8-11(5-2)10(13)14-6-3/h4-8H2,1-3H3. The Morgan fingerprint density at radius 2 is 1.80 bits per heavy atom. The first kappa shape index (κ1) is 13.7. The molecule has 0 spiro atoms. The SMILES string of the molecule is CCCOC(=O)CN(CC)C(=O)OCC. The third-order valence-electron chi connectivity index (χ3n) is 1.69.